The molecule has 1 saturated heterocycles. The van der Waals surface area contributed by atoms with Crippen molar-refractivity contribution in [2.24, 2.45) is 5.92 Å². The molecule has 2 fully saturated rings. The number of aliphatic carboxylic acids is 1. The summed E-state index contributed by atoms with van der Waals surface area (Å²) in [5, 5.41) is 11.9. The molecule has 0 spiro atoms. The van der Waals surface area contributed by atoms with Crippen LogP contribution in [0.4, 0.5) is 4.79 Å². The topological polar surface area (TPSA) is 72.9 Å². The van der Waals surface area contributed by atoms with Crippen LogP contribution < -0.4 is 5.32 Å². The summed E-state index contributed by atoms with van der Waals surface area (Å²) in [5.41, 5.74) is 0. The monoisotopic (exact) mass is 283 g/mol. The van der Waals surface area contributed by atoms with Gasteiger partial charge in [-0.25, -0.2) is 4.79 Å². The Kier molecular flexibility index (Phi) is 5.23. The fourth-order valence-corrected chi connectivity index (χ4v) is 3.02. The van der Waals surface area contributed by atoms with Crippen molar-refractivity contribution in [1.29, 1.82) is 0 Å². The molecule has 114 valence electrons. The minimum atomic E-state index is -0.746. The molecule has 0 radical (unpaired) electrons. The van der Waals surface area contributed by atoms with E-state index in [2.05, 4.69) is 10.2 Å². The zero-order valence-corrected chi connectivity index (χ0v) is 12.2. The number of carboxylic acid groups (broad SMARTS) is 1. The van der Waals surface area contributed by atoms with Gasteiger partial charge in [0.15, 0.2) is 0 Å². The maximum Gasteiger partial charge on any atom is 0.317 e. The van der Waals surface area contributed by atoms with Crippen LogP contribution in [-0.4, -0.2) is 66.2 Å². The highest BCUT2D eigenvalue weighted by atomic mass is 16.4. The maximum atomic E-state index is 12.0. The number of nitrogens with one attached hydrogen (secondary N) is 1. The van der Waals surface area contributed by atoms with E-state index in [0.29, 0.717) is 12.8 Å². The third-order valence-electron chi connectivity index (χ3n) is 4.41. The lowest BCUT2D eigenvalue weighted by atomic mass is 10.1. The summed E-state index contributed by atoms with van der Waals surface area (Å²) in [6.07, 6.45) is 4.50. The second kappa shape index (κ2) is 6.92. The van der Waals surface area contributed by atoms with Gasteiger partial charge in [-0.1, -0.05) is 0 Å². The van der Waals surface area contributed by atoms with Crippen LogP contribution in [0.5, 0.6) is 0 Å². The minimum absolute atomic E-state index is 0.0119. The van der Waals surface area contributed by atoms with Gasteiger partial charge in [0.05, 0.1) is 5.92 Å². The van der Waals surface area contributed by atoms with Crippen LogP contribution in [0.15, 0.2) is 0 Å². The number of hydrogen-bond acceptors (Lipinski definition) is 3. The summed E-state index contributed by atoms with van der Waals surface area (Å²) in [6.45, 7) is 3.92. The Morgan fingerprint density at radius 3 is 2.60 bits per heavy atom. The Bertz CT molecular complexity index is 356. The Labute approximate surface area is 120 Å². The van der Waals surface area contributed by atoms with Crippen molar-refractivity contribution in [3.63, 3.8) is 0 Å². The van der Waals surface area contributed by atoms with Crippen molar-refractivity contribution >= 4 is 12.0 Å². The van der Waals surface area contributed by atoms with E-state index in [0.717, 1.165) is 32.6 Å². The number of rotatable bonds is 5. The van der Waals surface area contributed by atoms with E-state index in [-0.39, 0.29) is 18.0 Å². The van der Waals surface area contributed by atoms with Gasteiger partial charge >= 0.3 is 12.0 Å². The lowest BCUT2D eigenvalue weighted by Crippen LogP contribution is -2.44. The van der Waals surface area contributed by atoms with Crippen molar-refractivity contribution in [2.75, 3.05) is 33.2 Å². The van der Waals surface area contributed by atoms with Gasteiger partial charge in [0.1, 0.15) is 0 Å². The normalized spacial score (nSPS) is 26.6. The van der Waals surface area contributed by atoms with E-state index in [9.17, 15) is 9.59 Å². The van der Waals surface area contributed by atoms with E-state index in [1.165, 1.54) is 12.8 Å². The smallest absolute Gasteiger partial charge is 0.317 e. The lowest BCUT2D eigenvalue weighted by Gasteiger charge is -2.23. The Balaban J connectivity index is 1.67. The molecule has 2 N–H and O–H groups in total. The van der Waals surface area contributed by atoms with E-state index in [1.807, 2.05) is 0 Å². The van der Waals surface area contributed by atoms with Crippen LogP contribution in [-0.2, 0) is 4.79 Å². The minimum Gasteiger partial charge on any atom is -0.481 e. The number of nitrogens with zero attached hydrogens (tertiary/aromatic N) is 2. The van der Waals surface area contributed by atoms with Gasteiger partial charge in [0, 0.05) is 26.2 Å². The molecule has 6 heteroatoms. The number of carbonyl (C=O) groups excluding carboxylic acids is 1. The summed E-state index contributed by atoms with van der Waals surface area (Å²) in [4.78, 5) is 27.0. The van der Waals surface area contributed by atoms with Crippen molar-refractivity contribution < 1.29 is 14.7 Å². The van der Waals surface area contributed by atoms with Crippen LogP contribution in [0, 0.1) is 5.92 Å². The van der Waals surface area contributed by atoms with Gasteiger partial charge in [-0.15, -0.1) is 0 Å². The predicted octanol–water partition coefficient (Wildman–Crippen LogP) is 0.977. The summed E-state index contributed by atoms with van der Waals surface area (Å²) in [5.74, 6) is -1.04. The van der Waals surface area contributed by atoms with Crippen LogP contribution >= 0.6 is 0 Å². The fraction of sp³-hybridized carbons (Fsp3) is 0.857. The molecule has 6 nitrogen and oxygen atoms in total. The fourth-order valence-electron chi connectivity index (χ4n) is 3.02. The highest BCUT2D eigenvalue weighted by Crippen LogP contribution is 2.25. The first-order valence-electron chi connectivity index (χ1n) is 7.53. The summed E-state index contributed by atoms with van der Waals surface area (Å²) in [7, 11) is 1.80. The van der Waals surface area contributed by atoms with Gasteiger partial charge in [0.25, 0.3) is 0 Å². The first-order chi connectivity index (χ1) is 9.56. The summed E-state index contributed by atoms with van der Waals surface area (Å²) < 4.78 is 0. The molecule has 2 atom stereocenters. The maximum absolute atomic E-state index is 12.0. The van der Waals surface area contributed by atoms with Crippen LogP contribution in [0.1, 0.15) is 32.1 Å². The average Bonchev–Trinajstić information content (AvgIpc) is 3.06. The molecular weight excluding hydrogens is 258 g/mol. The van der Waals surface area contributed by atoms with Gasteiger partial charge in [-0.3, -0.25) is 4.79 Å². The standard InChI is InChI=1S/C14H25N3O3/c1-16(8-9-17-6-2-3-7-17)14(20)15-12-5-4-11(10-12)13(18)19/h11-12H,2-10H2,1H3,(H,15,20)(H,18,19)/t11-,12+/m1/s1. The largest absolute Gasteiger partial charge is 0.481 e. The van der Waals surface area contributed by atoms with Gasteiger partial charge in [0.2, 0.25) is 0 Å². The molecule has 2 amide bonds. The highest BCUT2D eigenvalue weighted by molar-refractivity contribution is 5.75. The van der Waals surface area contributed by atoms with Gasteiger partial charge in [-0.2, -0.15) is 0 Å². The van der Waals surface area contributed by atoms with Gasteiger partial charge in [-0.05, 0) is 45.2 Å². The second-order valence-corrected chi connectivity index (χ2v) is 5.96. The van der Waals surface area contributed by atoms with Crippen molar-refractivity contribution in [3.05, 3.63) is 0 Å². The molecule has 1 saturated carbocycles. The van der Waals surface area contributed by atoms with E-state index in [1.54, 1.807) is 11.9 Å². The van der Waals surface area contributed by atoms with E-state index < -0.39 is 5.97 Å². The molecule has 1 aliphatic carbocycles. The number of urea groups is 1. The molecule has 2 aliphatic rings. The number of hydrogen-bond donors (Lipinski definition) is 2. The molecule has 0 bridgehead atoms. The second-order valence-electron chi connectivity index (χ2n) is 5.96. The lowest BCUT2D eigenvalue weighted by molar-refractivity contribution is -0.141. The molecule has 0 aromatic rings. The zero-order valence-electron chi connectivity index (χ0n) is 12.2. The first-order valence-corrected chi connectivity index (χ1v) is 7.53. The average molecular weight is 283 g/mol. The Morgan fingerprint density at radius 1 is 1.30 bits per heavy atom. The third kappa shape index (κ3) is 4.10. The predicted molar refractivity (Wildman–Crippen MR) is 75.6 cm³/mol. The van der Waals surface area contributed by atoms with Crippen LogP contribution in [0.2, 0.25) is 0 Å². The molecule has 0 unspecified atom stereocenters. The van der Waals surface area contributed by atoms with E-state index in [4.69, 9.17) is 5.11 Å². The van der Waals surface area contributed by atoms with Crippen molar-refractivity contribution in [1.82, 2.24) is 15.1 Å². The van der Waals surface area contributed by atoms with Crippen molar-refractivity contribution in [2.45, 2.75) is 38.1 Å². The molecule has 0 aromatic carbocycles. The summed E-state index contributed by atoms with van der Waals surface area (Å²) in [6, 6.07) is -0.0712. The number of carboxylic acids is 1. The highest BCUT2D eigenvalue weighted by Gasteiger charge is 2.31. The first kappa shape index (κ1) is 15.1. The summed E-state index contributed by atoms with van der Waals surface area (Å²) >= 11 is 0. The molecule has 0 aromatic heterocycles. The Morgan fingerprint density at radius 2 is 2.00 bits per heavy atom. The quantitative estimate of drug-likeness (QED) is 0.789. The van der Waals surface area contributed by atoms with Crippen LogP contribution in [0.25, 0.3) is 0 Å². The SMILES string of the molecule is CN(CCN1CCCC1)C(=O)N[C@H]1CC[C@@H](C(=O)O)C1. The molecule has 1 heterocycles. The molecule has 2 rings (SSSR count). The number of likely N-dealkylation sites (N-methyl/N-ethyl adjacent to an activating group) is 1. The zero-order chi connectivity index (χ0) is 14.5. The number of carbonyl (C=O) groups is 2. The Hall–Kier alpha value is -1.30. The van der Waals surface area contributed by atoms with Crippen LogP contribution in [0.3, 0.4) is 0 Å². The number of amides is 2. The van der Waals surface area contributed by atoms with E-state index >= 15 is 0 Å². The third-order valence-corrected chi connectivity index (χ3v) is 4.41. The van der Waals surface area contributed by atoms with Gasteiger partial charge < -0.3 is 20.2 Å². The molecule has 20 heavy (non-hydrogen) atoms. The molecule has 1 aliphatic heterocycles. The number of likely N-dealkylation sites (tertiary alicyclic amines) is 1. The van der Waals surface area contributed by atoms with Crippen molar-refractivity contribution in [3.8, 4) is 0 Å². The molecular formula is C14H25N3O3.